The highest BCUT2D eigenvalue weighted by molar-refractivity contribution is 8.38. The molecule has 0 spiro atoms. The Kier molecular flexibility index (Phi) is 4.46. The highest BCUT2D eigenvalue weighted by Gasteiger charge is 2.42. The number of carbonyl (C=O) groups is 1. The van der Waals surface area contributed by atoms with Crippen molar-refractivity contribution in [1.29, 1.82) is 5.26 Å². The monoisotopic (exact) mass is 331 g/mol. The van der Waals surface area contributed by atoms with Crippen LogP contribution in [0.15, 0.2) is 29.3 Å². The van der Waals surface area contributed by atoms with E-state index < -0.39 is 5.54 Å². The maximum Gasteiger partial charge on any atom is 0.231 e. The number of hydrogen-bond donors (Lipinski definition) is 1. The Bertz CT molecular complexity index is 664. The van der Waals surface area contributed by atoms with Crippen molar-refractivity contribution in [2.45, 2.75) is 31.1 Å². The zero-order valence-electron chi connectivity index (χ0n) is 12.3. The maximum atomic E-state index is 12.1. The van der Waals surface area contributed by atoms with E-state index in [9.17, 15) is 10.1 Å². The van der Waals surface area contributed by atoms with Gasteiger partial charge in [-0.3, -0.25) is 4.79 Å². The van der Waals surface area contributed by atoms with Gasteiger partial charge >= 0.3 is 0 Å². The molecule has 3 rings (SSSR count). The first-order chi connectivity index (χ1) is 10.6. The lowest BCUT2D eigenvalue weighted by Crippen LogP contribution is -2.47. The van der Waals surface area contributed by atoms with Crippen molar-refractivity contribution in [3.63, 3.8) is 0 Å². The summed E-state index contributed by atoms with van der Waals surface area (Å²) in [5.74, 6) is 1.41. The number of benzene rings is 1. The van der Waals surface area contributed by atoms with Crippen molar-refractivity contribution in [2.24, 2.45) is 10.9 Å². The fourth-order valence-corrected chi connectivity index (χ4v) is 4.28. The van der Waals surface area contributed by atoms with Crippen LogP contribution in [0.4, 0.5) is 5.69 Å². The molecule has 1 fully saturated rings. The van der Waals surface area contributed by atoms with Crippen molar-refractivity contribution in [3.05, 3.63) is 29.8 Å². The van der Waals surface area contributed by atoms with E-state index in [1.165, 1.54) is 17.3 Å². The largest absolute Gasteiger partial charge is 0.337 e. The number of para-hydroxylation sites is 1. The van der Waals surface area contributed by atoms with Crippen LogP contribution in [0.3, 0.4) is 0 Å². The second-order valence-electron chi connectivity index (χ2n) is 5.72. The van der Waals surface area contributed by atoms with Gasteiger partial charge < -0.3 is 5.32 Å². The molecule has 4 nitrogen and oxygen atoms in total. The topological polar surface area (TPSA) is 65.2 Å². The molecular weight excluding hydrogens is 314 g/mol. The summed E-state index contributed by atoms with van der Waals surface area (Å²) in [6, 6.07) is 10.3. The van der Waals surface area contributed by atoms with Crippen LogP contribution in [0.25, 0.3) is 0 Å². The van der Waals surface area contributed by atoms with Crippen LogP contribution in [0.2, 0.25) is 0 Å². The average Bonchev–Trinajstić information content (AvgIpc) is 3.38. The molecule has 0 aromatic heterocycles. The molecule has 0 unspecified atom stereocenters. The summed E-state index contributed by atoms with van der Waals surface area (Å²) in [5, 5.41) is 12.2. The van der Waals surface area contributed by atoms with Gasteiger partial charge in [0, 0.05) is 5.75 Å². The second-order valence-corrected chi connectivity index (χ2v) is 7.91. The molecular formula is C16H17N3OS2. The number of hydrogen-bond acceptors (Lipinski definition) is 5. The number of aliphatic imine (C=N–C) groups is 1. The molecule has 1 heterocycles. The van der Waals surface area contributed by atoms with Gasteiger partial charge in [0.1, 0.15) is 9.91 Å². The minimum Gasteiger partial charge on any atom is -0.337 e. The molecule has 114 valence electrons. The molecule has 22 heavy (non-hydrogen) atoms. The summed E-state index contributed by atoms with van der Waals surface area (Å²) in [7, 11) is 0. The Hall–Kier alpha value is -1.45. The van der Waals surface area contributed by atoms with E-state index in [1.54, 1.807) is 11.8 Å². The van der Waals surface area contributed by atoms with Crippen molar-refractivity contribution in [2.75, 3.05) is 5.75 Å². The average molecular weight is 331 g/mol. The summed E-state index contributed by atoms with van der Waals surface area (Å²) in [4.78, 5) is 16.7. The summed E-state index contributed by atoms with van der Waals surface area (Å²) >= 11 is 3.10. The Morgan fingerprint density at radius 3 is 3.05 bits per heavy atom. The molecule has 1 aliphatic carbocycles. The van der Waals surface area contributed by atoms with Gasteiger partial charge in [-0.05, 0) is 37.3 Å². The Labute approximate surface area is 138 Å². The zero-order chi connectivity index (χ0) is 15.6. The van der Waals surface area contributed by atoms with Gasteiger partial charge in [-0.25, -0.2) is 4.99 Å². The summed E-state index contributed by atoms with van der Waals surface area (Å²) in [6.07, 6.45) is 2.05. The van der Waals surface area contributed by atoms with Crippen LogP contribution in [-0.2, 0) is 10.5 Å². The minimum absolute atomic E-state index is 0.0943. The van der Waals surface area contributed by atoms with Crippen LogP contribution in [0, 0.1) is 17.2 Å². The maximum absolute atomic E-state index is 12.1. The molecule has 1 aromatic carbocycles. The molecule has 0 saturated heterocycles. The second kappa shape index (κ2) is 6.35. The summed E-state index contributed by atoms with van der Waals surface area (Å²) in [5.41, 5.74) is 1.50. The number of thioether (sulfide) groups is 2. The van der Waals surface area contributed by atoms with E-state index in [2.05, 4.69) is 22.4 Å². The van der Waals surface area contributed by atoms with E-state index in [4.69, 9.17) is 0 Å². The fraction of sp³-hybridized carbons (Fsp3) is 0.438. The normalized spacial score (nSPS) is 19.4. The van der Waals surface area contributed by atoms with Crippen LogP contribution >= 0.6 is 23.5 Å². The van der Waals surface area contributed by atoms with Crippen molar-refractivity contribution in [1.82, 2.24) is 5.32 Å². The van der Waals surface area contributed by atoms with Crippen LogP contribution < -0.4 is 5.32 Å². The molecule has 1 aromatic rings. The zero-order valence-corrected chi connectivity index (χ0v) is 14.0. The van der Waals surface area contributed by atoms with Crippen molar-refractivity contribution >= 4 is 39.5 Å². The minimum atomic E-state index is -0.717. The summed E-state index contributed by atoms with van der Waals surface area (Å²) < 4.78 is 0.916. The Morgan fingerprint density at radius 1 is 1.55 bits per heavy atom. The standard InChI is InChI=1S/C16H17N3OS2/c1-16(10-17,12-6-7-12)19-14(20)9-22-15-18-13-5-3-2-4-11(13)8-21-15/h2-5,12H,6-9H2,1H3,(H,19,20)/t16-/m0/s1. The number of fused-ring (bicyclic) bond motifs is 1. The molecule has 0 bridgehead atoms. The van der Waals surface area contributed by atoms with Crippen LogP contribution in [0.1, 0.15) is 25.3 Å². The van der Waals surface area contributed by atoms with Gasteiger partial charge in [-0.1, -0.05) is 41.7 Å². The lowest BCUT2D eigenvalue weighted by molar-refractivity contribution is -0.119. The van der Waals surface area contributed by atoms with Crippen LogP contribution in [0.5, 0.6) is 0 Å². The van der Waals surface area contributed by atoms with E-state index in [0.717, 1.165) is 28.7 Å². The van der Waals surface area contributed by atoms with Gasteiger partial charge in [0.25, 0.3) is 0 Å². The lowest BCUT2D eigenvalue weighted by atomic mass is 9.98. The molecule has 1 N–H and O–H groups in total. The van der Waals surface area contributed by atoms with Gasteiger partial charge in [-0.2, -0.15) is 5.26 Å². The van der Waals surface area contributed by atoms with E-state index in [-0.39, 0.29) is 5.91 Å². The van der Waals surface area contributed by atoms with Gasteiger partial charge in [0.2, 0.25) is 5.91 Å². The van der Waals surface area contributed by atoms with Crippen molar-refractivity contribution in [3.8, 4) is 6.07 Å². The number of amides is 1. The van der Waals surface area contributed by atoms with E-state index in [0.29, 0.717) is 11.7 Å². The molecule has 6 heteroatoms. The smallest absolute Gasteiger partial charge is 0.231 e. The van der Waals surface area contributed by atoms with Gasteiger partial charge in [0.15, 0.2) is 0 Å². The first-order valence-electron chi connectivity index (χ1n) is 7.25. The molecule has 1 atom stereocenters. The molecule has 0 radical (unpaired) electrons. The first-order valence-corrected chi connectivity index (χ1v) is 9.22. The van der Waals surface area contributed by atoms with E-state index >= 15 is 0 Å². The fourth-order valence-electron chi connectivity index (χ4n) is 2.42. The van der Waals surface area contributed by atoms with Gasteiger partial charge in [0.05, 0.1) is 17.5 Å². The van der Waals surface area contributed by atoms with Crippen LogP contribution in [-0.4, -0.2) is 21.6 Å². The molecule has 2 aliphatic rings. The number of carbonyl (C=O) groups excluding carboxylic acids is 1. The highest BCUT2D eigenvalue weighted by Crippen LogP contribution is 2.39. The lowest BCUT2D eigenvalue weighted by Gasteiger charge is -2.23. The predicted octanol–water partition coefficient (Wildman–Crippen LogP) is 3.46. The van der Waals surface area contributed by atoms with Gasteiger partial charge in [-0.15, -0.1) is 0 Å². The number of rotatable bonds is 4. The Morgan fingerprint density at radius 2 is 2.32 bits per heavy atom. The SMILES string of the molecule is C[C@@](C#N)(NC(=O)CSC1=Nc2ccccc2CS1)C1CC1. The van der Waals surface area contributed by atoms with E-state index in [1.807, 2.05) is 25.1 Å². The molecule has 1 aliphatic heterocycles. The first kappa shape index (κ1) is 15.4. The number of nitriles is 1. The number of nitrogens with zero attached hydrogens (tertiary/aromatic N) is 2. The number of nitrogens with one attached hydrogen (secondary N) is 1. The third kappa shape index (κ3) is 3.47. The molecule has 1 amide bonds. The highest BCUT2D eigenvalue weighted by atomic mass is 32.2. The predicted molar refractivity (Wildman–Crippen MR) is 92.2 cm³/mol. The third-order valence-corrected chi connectivity index (χ3v) is 6.15. The van der Waals surface area contributed by atoms with Crippen molar-refractivity contribution < 1.29 is 4.79 Å². The summed E-state index contributed by atoms with van der Waals surface area (Å²) in [6.45, 7) is 1.82. The quantitative estimate of drug-likeness (QED) is 0.917. The Balaban J connectivity index is 1.56. The molecule has 1 saturated carbocycles. The third-order valence-electron chi connectivity index (χ3n) is 3.91.